The predicted molar refractivity (Wildman–Crippen MR) is 266 cm³/mol. The summed E-state index contributed by atoms with van der Waals surface area (Å²) >= 11 is 0. The first-order chi connectivity index (χ1) is 32.2. The second kappa shape index (κ2) is 13.8. The fraction of sp³-hybridized carbons (Fsp3) is 0. The van der Waals surface area contributed by atoms with Crippen molar-refractivity contribution < 1.29 is 4.42 Å². The lowest BCUT2D eigenvalue weighted by Gasteiger charge is -2.18. The third kappa shape index (κ3) is 5.44. The van der Waals surface area contributed by atoms with E-state index in [0.29, 0.717) is 5.95 Å². The molecule has 12 aromatic rings. The minimum atomic E-state index is 0.646. The Kier molecular flexibility index (Phi) is 7.59. The lowest BCUT2D eigenvalue weighted by atomic mass is 9.99. The van der Waals surface area contributed by atoms with Crippen LogP contribution in [0.5, 0.6) is 0 Å². The van der Waals surface area contributed by atoms with E-state index in [1.54, 1.807) is 0 Å². The normalized spacial score (nSPS) is 12.0. The van der Waals surface area contributed by atoms with Gasteiger partial charge >= 0.3 is 0 Å². The van der Waals surface area contributed by atoms with Crippen LogP contribution < -0.4 is 0 Å². The van der Waals surface area contributed by atoms with E-state index in [2.05, 4.69) is 197 Å². The standard InChI is InChI=1S/C59H35N5O/c1-2-13-37(14-3-1)56-47-18-5-9-22-51(47)61-59(62-56)64-52-23-10-6-16-44(52)48-33-38(29-32-53(48)64)39-25-26-40-34-49-43-15-4-8-21-50(43)60-58(49)63(54(40)35-39)41-30-27-36(28-31-41)42-19-12-20-46-45-17-7-11-24-55(45)65-57(42)46/h1-35H. The van der Waals surface area contributed by atoms with Crippen LogP contribution >= 0.6 is 0 Å². The number of fused-ring (bicyclic) bond motifs is 11. The third-order valence-electron chi connectivity index (χ3n) is 13.1. The van der Waals surface area contributed by atoms with Crippen LogP contribution in [0.15, 0.2) is 217 Å². The van der Waals surface area contributed by atoms with Crippen LogP contribution in [0.1, 0.15) is 0 Å². The monoisotopic (exact) mass is 829 g/mol. The molecule has 0 saturated carbocycles. The second-order valence-electron chi connectivity index (χ2n) is 16.8. The van der Waals surface area contributed by atoms with Crippen LogP contribution in [0, 0.1) is 0 Å². The zero-order valence-corrected chi connectivity index (χ0v) is 34.9. The van der Waals surface area contributed by atoms with Crippen molar-refractivity contribution in [2.24, 2.45) is 0 Å². The van der Waals surface area contributed by atoms with Crippen molar-refractivity contribution in [1.29, 1.82) is 0 Å². The van der Waals surface area contributed by atoms with Gasteiger partial charge in [0.15, 0.2) is 0 Å². The molecule has 9 aromatic carbocycles. The van der Waals surface area contributed by atoms with Gasteiger partial charge in [0.2, 0.25) is 5.95 Å². The van der Waals surface area contributed by atoms with E-state index in [1.165, 1.54) is 0 Å². The first-order valence-electron chi connectivity index (χ1n) is 21.9. The Bertz CT molecular complexity index is 4180. The van der Waals surface area contributed by atoms with Gasteiger partial charge in [-0.25, -0.2) is 15.0 Å². The Labute approximate surface area is 372 Å². The van der Waals surface area contributed by atoms with Crippen LogP contribution in [0.3, 0.4) is 0 Å². The SMILES string of the molecule is c1ccc(-c2nc(-n3c4ccccc4c4cc(-c5ccc6cc7c8ccccc8nc-7n(-c7ccc(-c8cccc9c8oc8ccccc89)cc7)c6c5)ccc43)nc3ccccc23)cc1. The first-order valence-corrected chi connectivity index (χ1v) is 21.9. The fourth-order valence-electron chi connectivity index (χ4n) is 10.1. The molecule has 0 atom stereocenters. The van der Waals surface area contributed by atoms with Crippen molar-refractivity contribution in [2.75, 3.05) is 0 Å². The first kappa shape index (κ1) is 35.7. The maximum Gasteiger partial charge on any atom is 0.235 e. The summed E-state index contributed by atoms with van der Waals surface area (Å²) in [6.07, 6.45) is 0. The van der Waals surface area contributed by atoms with Gasteiger partial charge in [-0.3, -0.25) is 9.13 Å². The molecule has 65 heavy (non-hydrogen) atoms. The maximum absolute atomic E-state index is 6.45. The Morgan fingerprint density at radius 3 is 1.88 bits per heavy atom. The molecule has 0 spiro atoms. The highest BCUT2D eigenvalue weighted by Gasteiger charge is 2.22. The van der Waals surface area contributed by atoms with E-state index in [-0.39, 0.29) is 0 Å². The molecule has 0 fully saturated rings. The van der Waals surface area contributed by atoms with Gasteiger partial charge in [-0.05, 0) is 82.7 Å². The van der Waals surface area contributed by atoms with E-state index in [4.69, 9.17) is 19.4 Å². The lowest BCUT2D eigenvalue weighted by molar-refractivity contribution is 0.670. The molecule has 0 bridgehead atoms. The molecule has 302 valence electrons. The van der Waals surface area contributed by atoms with Gasteiger partial charge in [-0.15, -0.1) is 0 Å². The van der Waals surface area contributed by atoms with Gasteiger partial charge in [0.25, 0.3) is 0 Å². The molecule has 0 saturated heterocycles. The number of benzene rings is 9. The molecular weight excluding hydrogens is 795 g/mol. The molecule has 3 aromatic heterocycles. The summed E-state index contributed by atoms with van der Waals surface area (Å²) in [5, 5.41) is 7.83. The highest BCUT2D eigenvalue weighted by atomic mass is 16.3. The van der Waals surface area contributed by atoms with Gasteiger partial charge in [0, 0.05) is 54.7 Å². The van der Waals surface area contributed by atoms with Crippen molar-refractivity contribution >= 4 is 76.5 Å². The molecule has 0 aliphatic carbocycles. The smallest absolute Gasteiger partial charge is 0.235 e. The zero-order valence-electron chi connectivity index (χ0n) is 34.9. The minimum Gasteiger partial charge on any atom is -0.455 e. The second-order valence-corrected chi connectivity index (χ2v) is 16.8. The average molecular weight is 830 g/mol. The van der Waals surface area contributed by atoms with E-state index < -0.39 is 0 Å². The van der Waals surface area contributed by atoms with Gasteiger partial charge in [0.1, 0.15) is 17.0 Å². The van der Waals surface area contributed by atoms with Crippen molar-refractivity contribution in [3.8, 4) is 56.5 Å². The van der Waals surface area contributed by atoms with E-state index >= 15 is 0 Å². The van der Waals surface area contributed by atoms with Crippen LogP contribution in [0.4, 0.5) is 0 Å². The molecule has 6 nitrogen and oxygen atoms in total. The van der Waals surface area contributed by atoms with Crippen LogP contribution in [-0.4, -0.2) is 24.1 Å². The van der Waals surface area contributed by atoms with Crippen LogP contribution in [-0.2, 0) is 0 Å². The molecule has 14 rings (SSSR count). The summed E-state index contributed by atoms with van der Waals surface area (Å²) in [6.45, 7) is 0. The quantitative estimate of drug-likeness (QED) is 0.173. The number of pyridine rings is 1. The highest BCUT2D eigenvalue weighted by Crippen LogP contribution is 2.41. The Hall–Kier alpha value is -8.87. The molecule has 2 aliphatic heterocycles. The van der Waals surface area contributed by atoms with E-state index in [1.807, 2.05) is 24.3 Å². The van der Waals surface area contributed by atoms with Gasteiger partial charge in [-0.1, -0.05) is 152 Å². The lowest BCUT2D eigenvalue weighted by Crippen LogP contribution is -2.03. The van der Waals surface area contributed by atoms with Gasteiger partial charge in [-0.2, -0.15) is 0 Å². The number of hydrogen-bond acceptors (Lipinski definition) is 4. The van der Waals surface area contributed by atoms with Crippen LogP contribution in [0.2, 0.25) is 0 Å². The van der Waals surface area contributed by atoms with Crippen molar-refractivity contribution in [3.05, 3.63) is 212 Å². The van der Waals surface area contributed by atoms with Crippen molar-refractivity contribution in [1.82, 2.24) is 24.1 Å². The molecule has 0 amide bonds. The van der Waals surface area contributed by atoms with E-state index in [9.17, 15) is 0 Å². The minimum absolute atomic E-state index is 0.646. The summed E-state index contributed by atoms with van der Waals surface area (Å²) < 4.78 is 11.0. The number of rotatable bonds is 5. The summed E-state index contributed by atoms with van der Waals surface area (Å²) in [7, 11) is 0. The topological polar surface area (TPSA) is 61.7 Å². The van der Waals surface area contributed by atoms with Crippen LogP contribution in [0.25, 0.3) is 133 Å². The fourth-order valence-corrected chi connectivity index (χ4v) is 10.1. The summed E-state index contributed by atoms with van der Waals surface area (Å²) in [5.74, 6) is 1.57. The molecule has 0 N–H and O–H groups in total. The summed E-state index contributed by atoms with van der Waals surface area (Å²) in [4.78, 5) is 15.7. The van der Waals surface area contributed by atoms with E-state index in [0.717, 1.165) is 127 Å². The summed E-state index contributed by atoms with van der Waals surface area (Å²) in [5.41, 5.74) is 15.4. The zero-order chi connectivity index (χ0) is 42.6. The number of para-hydroxylation sites is 5. The average Bonchev–Trinajstić information content (AvgIpc) is 4.05. The number of furan rings is 1. The molecule has 5 heterocycles. The van der Waals surface area contributed by atoms with Gasteiger partial charge < -0.3 is 4.42 Å². The number of aromatic nitrogens is 5. The van der Waals surface area contributed by atoms with Crippen molar-refractivity contribution in [2.45, 2.75) is 0 Å². The van der Waals surface area contributed by atoms with Gasteiger partial charge in [0.05, 0.1) is 33.3 Å². The number of hydrogen-bond donors (Lipinski definition) is 0. The molecule has 6 heteroatoms. The Morgan fingerprint density at radius 1 is 0.354 bits per heavy atom. The molecule has 0 radical (unpaired) electrons. The highest BCUT2D eigenvalue weighted by molar-refractivity contribution is 6.12. The number of nitrogens with zero attached hydrogens (tertiary/aromatic N) is 5. The largest absolute Gasteiger partial charge is 0.455 e. The third-order valence-corrected chi connectivity index (χ3v) is 13.1. The predicted octanol–water partition coefficient (Wildman–Crippen LogP) is 15.2. The summed E-state index contributed by atoms with van der Waals surface area (Å²) in [6, 6.07) is 75.0. The van der Waals surface area contributed by atoms with Crippen molar-refractivity contribution in [3.63, 3.8) is 0 Å². The molecule has 2 aliphatic rings. The Balaban J connectivity index is 0.939. The maximum atomic E-state index is 6.45. The Morgan fingerprint density at radius 2 is 1.02 bits per heavy atom. The molecular formula is C59H35N5O. The molecule has 0 unspecified atom stereocenters.